The number of nitrogens with two attached hydrogens (primary N) is 1. The van der Waals surface area contributed by atoms with Gasteiger partial charge in [0.1, 0.15) is 18.8 Å². The van der Waals surface area contributed by atoms with E-state index in [1.54, 1.807) is 26.8 Å². The maximum Gasteiger partial charge on any atom is 0.508 e. The maximum absolute atomic E-state index is 12.4. The Balaban J connectivity index is 2.86. The van der Waals surface area contributed by atoms with E-state index in [2.05, 4.69) is 0 Å². The topological polar surface area (TPSA) is 140 Å². The van der Waals surface area contributed by atoms with Crippen molar-refractivity contribution < 1.29 is 42.9 Å². The molecule has 36 heavy (non-hydrogen) atoms. The molecule has 0 radical (unpaired) electrons. The molecule has 0 heterocycles. The zero-order chi connectivity index (χ0) is 27.3. The van der Waals surface area contributed by atoms with Crippen LogP contribution in [0.5, 0.6) is 11.5 Å². The van der Waals surface area contributed by atoms with Crippen LogP contribution in [-0.2, 0) is 35.0 Å². The van der Waals surface area contributed by atoms with Gasteiger partial charge in [0.15, 0.2) is 11.5 Å². The van der Waals surface area contributed by atoms with Gasteiger partial charge in [-0.25, -0.2) is 4.79 Å². The number of carbonyl (C=O) groups excluding carboxylic acids is 4. The van der Waals surface area contributed by atoms with Crippen LogP contribution in [0.2, 0.25) is 0 Å². The van der Waals surface area contributed by atoms with Crippen LogP contribution in [0.25, 0.3) is 0 Å². The number of hydrogen-bond donors (Lipinski definition) is 1. The van der Waals surface area contributed by atoms with Crippen molar-refractivity contribution in [3.05, 3.63) is 23.8 Å². The molecule has 0 aromatic heterocycles. The van der Waals surface area contributed by atoms with Gasteiger partial charge in [0, 0.05) is 0 Å². The lowest BCUT2D eigenvalue weighted by Crippen LogP contribution is -2.36. The van der Waals surface area contributed by atoms with Gasteiger partial charge in [-0.15, -0.1) is 0 Å². The molecule has 0 aliphatic carbocycles. The number of rotatable bonds is 14. The standard InChI is InChI=1S/C26H39NO9/c1-7-12-32-26(31)34-18(6)15-33-25(30)20(27)13-19-10-11-21(35-23(28)16(4)8-2)22(14-19)36-24(29)17(5)9-3/h10-11,14,16-18,20H,7-9,12-13,15,27H2,1-6H3/t16?,17?,18-,20-/m0/s1. The normalized spacial score (nSPS) is 14.1. The Morgan fingerprint density at radius 3 is 1.97 bits per heavy atom. The van der Waals surface area contributed by atoms with Gasteiger partial charge in [-0.2, -0.15) is 0 Å². The predicted molar refractivity (Wildman–Crippen MR) is 131 cm³/mol. The molecule has 202 valence electrons. The van der Waals surface area contributed by atoms with Crippen LogP contribution in [0.3, 0.4) is 0 Å². The fourth-order valence-corrected chi connectivity index (χ4v) is 2.66. The van der Waals surface area contributed by atoms with E-state index in [0.717, 1.165) is 0 Å². The molecule has 2 unspecified atom stereocenters. The van der Waals surface area contributed by atoms with Crippen LogP contribution >= 0.6 is 0 Å². The lowest BCUT2D eigenvalue weighted by atomic mass is 10.1. The van der Waals surface area contributed by atoms with Gasteiger partial charge in [-0.05, 0) is 50.3 Å². The lowest BCUT2D eigenvalue weighted by Gasteiger charge is -2.17. The van der Waals surface area contributed by atoms with E-state index in [1.165, 1.54) is 12.1 Å². The van der Waals surface area contributed by atoms with Gasteiger partial charge >= 0.3 is 24.1 Å². The fourth-order valence-electron chi connectivity index (χ4n) is 2.66. The van der Waals surface area contributed by atoms with Crippen LogP contribution in [0.4, 0.5) is 4.79 Å². The predicted octanol–water partition coefficient (Wildman–Crippen LogP) is 3.95. The Morgan fingerprint density at radius 1 is 0.833 bits per heavy atom. The summed E-state index contributed by atoms with van der Waals surface area (Å²) in [6.45, 7) is 10.7. The molecular formula is C26H39NO9. The Kier molecular flexibility index (Phi) is 13.5. The van der Waals surface area contributed by atoms with Gasteiger partial charge in [0.05, 0.1) is 18.4 Å². The molecular weight excluding hydrogens is 470 g/mol. The molecule has 0 aliphatic rings. The third-order valence-corrected chi connectivity index (χ3v) is 5.40. The molecule has 4 atom stereocenters. The molecule has 0 spiro atoms. The summed E-state index contributed by atoms with van der Waals surface area (Å²) in [5.41, 5.74) is 6.57. The number of esters is 3. The first-order chi connectivity index (χ1) is 17.0. The number of hydrogen-bond acceptors (Lipinski definition) is 10. The quantitative estimate of drug-likeness (QED) is 0.289. The number of ether oxygens (including phenoxy) is 5. The van der Waals surface area contributed by atoms with E-state index >= 15 is 0 Å². The highest BCUT2D eigenvalue weighted by molar-refractivity contribution is 5.79. The van der Waals surface area contributed by atoms with Gasteiger partial charge in [-0.1, -0.05) is 40.7 Å². The van der Waals surface area contributed by atoms with Crippen molar-refractivity contribution >= 4 is 24.1 Å². The molecule has 0 fully saturated rings. The Bertz CT molecular complexity index is 886. The highest BCUT2D eigenvalue weighted by Crippen LogP contribution is 2.31. The Morgan fingerprint density at radius 2 is 1.42 bits per heavy atom. The van der Waals surface area contributed by atoms with Crippen molar-refractivity contribution in [2.24, 2.45) is 17.6 Å². The Hall–Kier alpha value is -3.14. The van der Waals surface area contributed by atoms with Crippen molar-refractivity contribution in [3.8, 4) is 11.5 Å². The number of carbonyl (C=O) groups is 4. The van der Waals surface area contributed by atoms with Crippen molar-refractivity contribution in [1.82, 2.24) is 0 Å². The average Bonchev–Trinajstić information content (AvgIpc) is 2.85. The average molecular weight is 510 g/mol. The summed E-state index contributed by atoms with van der Waals surface area (Å²) in [7, 11) is 0. The first-order valence-corrected chi connectivity index (χ1v) is 12.3. The second kappa shape index (κ2) is 15.8. The van der Waals surface area contributed by atoms with E-state index in [4.69, 9.17) is 29.4 Å². The molecule has 1 aromatic carbocycles. The first kappa shape index (κ1) is 30.9. The van der Waals surface area contributed by atoms with Crippen LogP contribution in [0, 0.1) is 11.8 Å². The minimum atomic E-state index is -1.03. The minimum absolute atomic E-state index is 0.0695. The molecule has 0 bridgehead atoms. The minimum Gasteiger partial charge on any atom is -0.461 e. The van der Waals surface area contributed by atoms with Gasteiger partial charge in [-0.3, -0.25) is 14.4 Å². The van der Waals surface area contributed by atoms with E-state index in [-0.39, 0.29) is 43.0 Å². The van der Waals surface area contributed by atoms with Crippen LogP contribution < -0.4 is 15.2 Å². The second-order valence-electron chi connectivity index (χ2n) is 8.71. The molecule has 1 aromatic rings. The monoisotopic (exact) mass is 509 g/mol. The van der Waals surface area contributed by atoms with Crippen LogP contribution in [0.15, 0.2) is 18.2 Å². The van der Waals surface area contributed by atoms with E-state index < -0.39 is 36.2 Å². The molecule has 10 nitrogen and oxygen atoms in total. The maximum atomic E-state index is 12.4. The largest absolute Gasteiger partial charge is 0.508 e. The highest BCUT2D eigenvalue weighted by atomic mass is 16.7. The van der Waals surface area contributed by atoms with Crippen LogP contribution in [0.1, 0.15) is 66.4 Å². The van der Waals surface area contributed by atoms with Crippen molar-refractivity contribution in [3.63, 3.8) is 0 Å². The SMILES string of the molecule is CCCOC(=O)O[C@@H](C)COC(=O)[C@@H](N)Cc1ccc(OC(=O)C(C)CC)c(OC(=O)C(C)CC)c1. The van der Waals surface area contributed by atoms with Gasteiger partial charge < -0.3 is 29.4 Å². The zero-order valence-corrected chi connectivity index (χ0v) is 22.0. The van der Waals surface area contributed by atoms with Crippen molar-refractivity contribution in [2.75, 3.05) is 13.2 Å². The number of benzene rings is 1. The summed E-state index contributed by atoms with van der Waals surface area (Å²) in [6.07, 6.45) is 0.359. The van der Waals surface area contributed by atoms with Crippen LogP contribution in [-0.4, -0.2) is 49.4 Å². The zero-order valence-electron chi connectivity index (χ0n) is 22.0. The smallest absolute Gasteiger partial charge is 0.461 e. The molecule has 1 rings (SSSR count). The molecule has 0 aliphatic heterocycles. The third kappa shape index (κ3) is 10.6. The summed E-state index contributed by atoms with van der Waals surface area (Å²) < 4.78 is 25.9. The Labute approximate surface area is 212 Å². The summed E-state index contributed by atoms with van der Waals surface area (Å²) in [4.78, 5) is 48.5. The summed E-state index contributed by atoms with van der Waals surface area (Å²) >= 11 is 0. The fraction of sp³-hybridized carbons (Fsp3) is 0.615. The summed E-state index contributed by atoms with van der Waals surface area (Å²) in [5.74, 6) is -2.11. The third-order valence-electron chi connectivity index (χ3n) is 5.40. The van der Waals surface area contributed by atoms with Gasteiger partial charge in [0.25, 0.3) is 0 Å². The van der Waals surface area contributed by atoms with E-state index in [1.807, 2.05) is 20.8 Å². The lowest BCUT2D eigenvalue weighted by molar-refractivity contribution is -0.148. The van der Waals surface area contributed by atoms with Crippen molar-refractivity contribution in [1.29, 1.82) is 0 Å². The van der Waals surface area contributed by atoms with Crippen molar-refractivity contribution in [2.45, 2.75) is 79.4 Å². The molecule has 10 heteroatoms. The molecule has 0 saturated carbocycles. The van der Waals surface area contributed by atoms with E-state index in [9.17, 15) is 19.2 Å². The van der Waals surface area contributed by atoms with E-state index in [0.29, 0.717) is 24.8 Å². The second-order valence-corrected chi connectivity index (χ2v) is 8.71. The van der Waals surface area contributed by atoms with Gasteiger partial charge in [0.2, 0.25) is 0 Å². The molecule has 0 amide bonds. The summed E-state index contributed by atoms with van der Waals surface area (Å²) in [6, 6.07) is 3.62. The highest BCUT2D eigenvalue weighted by Gasteiger charge is 2.23. The first-order valence-electron chi connectivity index (χ1n) is 12.3. The molecule has 0 saturated heterocycles. The summed E-state index contributed by atoms with van der Waals surface area (Å²) in [5, 5.41) is 0. The molecule has 2 N–H and O–H groups in total.